The first kappa shape index (κ1) is 10.7. The molecule has 0 radical (unpaired) electrons. The second kappa shape index (κ2) is 4.22. The van der Waals surface area contributed by atoms with Crippen molar-refractivity contribution in [1.29, 1.82) is 0 Å². The average molecular weight is 195 g/mol. The highest BCUT2D eigenvalue weighted by molar-refractivity contribution is 5.88. The van der Waals surface area contributed by atoms with Crippen LogP contribution in [0.3, 0.4) is 0 Å². The summed E-state index contributed by atoms with van der Waals surface area (Å²) in [5, 5.41) is 2.45. The molecule has 0 aromatic heterocycles. The maximum atomic E-state index is 13.2. The topological polar surface area (TPSA) is 29.1 Å². The zero-order valence-electron chi connectivity index (χ0n) is 8.60. The van der Waals surface area contributed by atoms with Crippen LogP contribution in [0.4, 0.5) is 10.1 Å². The van der Waals surface area contributed by atoms with Crippen molar-refractivity contribution in [2.45, 2.75) is 26.7 Å². The number of benzene rings is 1. The molecule has 0 heterocycles. The van der Waals surface area contributed by atoms with Gasteiger partial charge in [-0.1, -0.05) is 19.9 Å². The van der Waals surface area contributed by atoms with E-state index in [1.807, 2.05) is 13.8 Å². The number of halogens is 1. The van der Waals surface area contributed by atoms with Gasteiger partial charge in [-0.15, -0.1) is 0 Å². The molecule has 2 nitrogen and oxygen atoms in total. The lowest BCUT2D eigenvalue weighted by atomic mass is 10.0. The Balaban J connectivity index is 3.02. The lowest BCUT2D eigenvalue weighted by Gasteiger charge is -2.09. The summed E-state index contributed by atoms with van der Waals surface area (Å²) in [6.45, 7) is 5.40. The standard InChI is InChI=1S/C11H14FNO/c1-7(2)9-4-5-10(12)11(6-9)13-8(3)14/h4-7H,1-3H3,(H,13,14). The summed E-state index contributed by atoms with van der Waals surface area (Å²) in [5.74, 6) is -0.336. The number of anilines is 1. The molecule has 1 aromatic rings. The van der Waals surface area contributed by atoms with E-state index in [1.54, 1.807) is 12.1 Å². The zero-order valence-corrected chi connectivity index (χ0v) is 8.60. The highest BCUT2D eigenvalue weighted by Gasteiger charge is 2.06. The van der Waals surface area contributed by atoms with Gasteiger partial charge in [-0.2, -0.15) is 0 Å². The van der Waals surface area contributed by atoms with Gasteiger partial charge in [-0.3, -0.25) is 4.79 Å². The summed E-state index contributed by atoms with van der Waals surface area (Å²) < 4.78 is 13.2. The fourth-order valence-corrected chi connectivity index (χ4v) is 1.19. The first-order valence-corrected chi connectivity index (χ1v) is 4.57. The molecule has 3 heteroatoms. The Morgan fingerprint density at radius 1 is 1.43 bits per heavy atom. The second-order valence-electron chi connectivity index (χ2n) is 3.58. The Hall–Kier alpha value is -1.38. The maximum Gasteiger partial charge on any atom is 0.221 e. The molecular weight excluding hydrogens is 181 g/mol. The summed E-state index contributed by atoms with van der Waals surface area (Å²) in [6.07, 6.45) is 0. The lowest BCUT2D eigenvalue weighted by molar-refractivity contribution is -0.114. The second-order valence-corrected chi connectivity index (χ2v) is 3.58. The number of amides is 1. The summed E-state index contributed by atoms with van der Waals surface area (Å²) in [5.41, 5.74) is 1.26. The molecule has 0 atom stereocenters. The molecule has 1 amide bonds. The van der Waals surface area contributed by atoms with E-state index in [0.717, 1.165) is 5.56 Å². The van der Waals surface area contributed by atoms with Crippen molar-refractivity contribution in [2.24, 2.45) is 0 Å². The van der Waals surface area contributed by atoms with Crippen molar-refractivity contribution in [3.63, 3.8) is 0 Å². The first-order valence-electron chi connectivity index (χ1n) is 4.57. The van der Waals surface area contributed by atoms with E-state index >= 15 is 0 Å². The molecule has 1 N–H and O–H groups in total. The van der Waals surface area contributed by atoms with Crippen molar-refractivity contribution < 1.29 is 9.18 Å². The van der Waals surface area contributed by atoms with Gasteiger partial charge < -0.3 is 5.32 Å². The summed E-state index contributed by atoms with van der Waals surface area (Å²) >= 11 is 0. The van der Waals surface area contributed by atoms with Crippen molar-refractivity contribution in [3.8, 4) is 0 Å². The molecule has 0 spiro atoms. The Morgan fingerprint density at radius 3 is 2.57 bits per heavy atom. The number of nitrogens with one attached hydrogen (secondary N) is 1. The van der Waals surface area contributed by atoms with Crippen LogP contribution in [0.25, 0.3) is 0 Å². The van der Waals surface area contributed by atoms with Crippen LogP contribution in [-0.2, 0) is 4.79 Å². The van der Waals surface area contributed by atoms with Gasteiger partial charge in [-0.05, 0) is 23.6 Å². The summed E-state index contributed by atoms with van der Waals surface area (Å²) in [4.78, 5) is 10.8. The molecule has 1 rings (SSSR count). The summed E-state index contributed by atoms with van der Waals surface area (Å²) in [6, 6.07) is 4.77. The third-order valence-electron chi connectivity index (χ3n) is 1.97. The Labute approximate surface area is 83.1 Å². The van der Waals surface area contributed by atoms with Gasteiger partial charge in [0.1, 0.15) is 5.82 Å². The van der Waals surface area contributed by atoms with Crippen LogP contribution >= 0.6 is 0 Å². The molecule has 0 unspecified atom stereocenters. The van der Waals surface area contributed by atoms with E-state index in [4.69, 9.17) is 0 Å². The van der Waals surface area contributed by atoms with E-state index in [9.17, 15) is 9.18 Å². The van der Waals surface area contributed by atoms with Gasteiger partial charge in [0.15, 0.2) is 0 Å². The van der Waals surface area contributed by atoms with E-state index < -0.39 is 5.82 Å². The molecule has 76 valence electrons. The van der Waals surface area contributed by atoms with Gasteiger partial charge in [0.25, 0.3) is 0 Å². The summed E-state index contributed by atoms with van der Waals surface area (Å²) in [7, 11) is 0. The molecule has 14 heavy (non-hydrogen) atoms. The van der Waals surface area contributed by atoms with Gasteiger partial charge in [-0.25, -0.2) is 4.39 Å². The molecule has 0 aliphatic carbocycles. The minimum atomic E-state index is -0.399. The Morgan fingerprint density at radius 2 is 2.07 bits per heavy atom. The maximum absolute atomic E-state index is 13.2. The number of rotatable bonds is 2. The van der Waals surface area contributed by atoms with Crippen molar-refractivity contribution in [1.82, 2.24) is 0 Å². The predicted molar refractivity (Wildman–Crippen MR) is 54.8 cm³/mol. The van der Waals surface area contributed by atoms with E-state index in [-0.39, 0.29) is 11.6 Å². The van der Waals surface area contributed by atoms with Crippen LogP contribution < -0.4 is 5.32 Å². The van der Waals surface area contributed by atoms with E-state index in [1.165, 1.54) is 13.0 Å². The van der Waals surface area contributed by atoms with Gasteiger partial charge in [0.2, 0.25) is 5.91 Å². The molecule has 0 aliphatic rings. The van der Waals surface area contributed by atoms with Crippen LogP contribution in [0.1, 0.15) is 32.3 Å². The third kappa shape index (κ3) is 2.55. The fourth-order valence-electron chi connectivity index (χ4n) is 1.19. The SMILES string of the molecule is CC(=O)Nc1cc(C(C)C)ccc1F. The molecule has 0 saturated heterocycles. The molecule has 0 aliphatic heterocycles. The van der Waals surface area contributed by atoms with Crippen LogP contribution in [0.15, 0.2) is 18.2 Å². The highest BCUT2D eigenvalue weighted by Crippen LogP contribution is 2.21. The minimum Gasteiger partial charge on any atom is -0.324 e. The largest absolute Gasteiger partial charge is 0.324 e. The van der Waals surface area contributed by atoms with Crippen molar-refractivity contribution in [3.05, 3.63) is 29.6 Å². The van der Waals surface area contributed by atoms with E-state index in [2.05, 4.69) is 5.32 Å². The molecule has 0 bridgehead atoms. The van der Waals surface area contributed by atoms with Crippen LogP contribution in [0, 0.1) is 5.82 Å². The Kier molecular flexibility index (Phi) is 3.23. The molecule has 1 aromatic carbocycles. The van der Waals surface area contributed by atoms with Crippen LogP contribution in [0.2, 0.25) is 0 Å². The first-order chi connectivity index (χ1) is 6.50. The highest BCUT2D eigenvalue weighted by atomic mass is 19.1. The van der Waals surface area contributed by atoms with Gasteiger partial charge >= 0.3 is 0 Å². The molecular formula is C11H14FNO. The number of carbonyl (C=O) groups is 1. The third-order valence-corrected chi connectivity index (χ3v) is 1.97. The molecule has 0 fully saturated rings. The average Bonchev–Trinajstić information content (AvgIpc) is 2.07. The number of carbonyl (C=O) groups excluding carboxylic acids is 1. The zero-order chi connectivity index (χ0) is 10.7. The van der Waals surface area contributed by atoms with Crippen molar-refractivity contribution >= 4 is 11.6 Å². The van der Waals surface area contributed by atoms with Crippen LogP contribution in [-0.4, -0.2) is 5.91 Å². The quantitative estimate of drug-likeness (QED) is 0.772. The number of hydrogen-bond acceptors (Lipinski definition) is 1. The normalized spacial score (nSPS) is 10.4. The molecule has 0 saturated carbocycles. The van der Waals surface area contributed by atoms with Crippen LogP contribution in [0.5, 0.6) is 0 Å². The van der Waals surface area contributed by atoms with Gasteiger partial charge in [0, 0.05) is 6.92 Å². The number of hydrogen-bond donors (Lipinski definition) is 1. The fraction of sp³-hybridized carbons (Fsp3) is 0.364. The van der Waals surface area contributed by atoms with Gasteiger partial charge in [0.05, 0.1) is 5.69 Å². The smallest absolute Gasteiger partial charge is 0.221 e. The minimum absolute atomic E-state index is 0.253. The predicted octanol–water partition coefficient (Wildman–Crippen LogP) is 2.91. The lowest BCUT2D eigenvalue weighted by Crippen LogP contribution is -2.08. The Bertz CT molecular complexity index is 347. The monoisotopic (exact) mass is 195 g/mol. The van der Waals surface area contributed by atoms with Crippen molar-refractivity contribution in [2.75, 3.05) is 5.32 Å². The van der Waals surface area contributed by atoms with E-state index in [0.29, 0.717) is 5.92 Å².